The average Bonchev–Trinajstić information content (AvgIpc) is 2.61. The van der Waals surface area contributed by atoms with Crippen LogP contribution in [-0.2, 0) is 0 Å². The molecule has 2 atom stereocenters. The van der Waals surface area contributed by atoms with Gasteiger partial charge in [0.2, 0.25) is 0 Å². The molecule has 0 aliphatic heterocycles. The zero-order chi connectivity index (χ0) is 11.0. The Bertz CT molecular complexity index is 477. The molecular formula is C10H14N4O. The van der Waals surface area contributed by atoms with Gasteiger partial charge in [0.1, 0.15) is 5.82 Å². The van der Waals surface area contributed by atoms with Gasteiger partial charge in [-0.25, -0.2) is 9.97 Å². The van der Waals surface area contributed by atoms with Crippen LogP contribution in [0.25, 0.3) is 11.2 Å². The second kappa shape index (κ2) is 3.60. The van der Waals surface area contributed by atoms with Gasteiger partial charge >= 0.3 is 0 Å². The molecule has 2 unspecified atom stereocenters. The van der Waals surface area contributed by atoms with E-state index < -0.39 is 12.1 Å². The summed E-state index contributed by atoms with van der Waals surface area (Å²) in [7, 11) is 0. The summed E-state index contributed by atoms with van der Waals surface area (Å²) in [4.78, 5) is 11.5. The minimum Gasteiger partial charge on any atom is -0.391 e. The molecule has 5 heteroatoms. The maximum atomic E-state index is 9.36. The molecule has 0 bridgehead atoms. The number of aryl methyl sites for hydroxylation is 1. The Kier molecular flexibility index (Phi) is 2.42. The number of H-pyrrole nitrogens is 1. The second-order valence-electron chi connectivity index (χ2n) is 3.71. The van der Waals surface area contributed by atoms with Crippen LogP contribution in [0.1, 0.15) is 24.4 Å². The zero-order valence-corrected chi connectivity index (χ0v) is 8.73. The zero-order valence-electron chi connectivity index (χ0n) is 8.73. The third kappa shape index (κ3) is 1.71. The number of nitrogens with two attached hydrogens (primary N) is 1. The van der Waals surface area contributed by atoms with Gasteiger partial charge in [0.25, 0.3) is 0 Å². The maximum absolute atomic E-state index is 9.36. The van der Waals surface area contributed by atoms with Gasteiger partial charge in [-0.1, -0.05) is 0 Å². The van der Waals surface area contributed by atoms with Gasteiger partial charge in [-0.15, -0.1) is 0 Å². The number of rotatable bonds is 2. The highest BCUT2D eigenvalue weighted by Gasteiger charge is 2.16. The Labute approximate surface area is 87.4 Å². The number of aliphatic hydroxyl groups excluding tert-OH is 1. The molecule has 15 heavy (non-hydrogen) atoms. The normalized spacial score (nSPS) is 15.5. The third-order valence-electron chi connectivity index (χ3n) is 2.45. The van der Waals surface area contributed by atoms with Crippen LogP contribution < -0.4 is 5.73 Å². The van der Waals surface area contributed by atoms with Crippen LogP contribution in [0.15, 0.2) is 12.3 Å². The van der Waals surface area contributed by atoms with Crippen molar-refractivity contribution >= 4 is 11.2 Å². The largest absolute Gasteiger partial charge is 0.391 e. The standard InChI is InChI=1S/C10H14N4O/c1-5-3-4-12-10-8(5)13-9(14-10)7(11)6(2)15/h3-4,6-7,15H,11H2,1-2H3,(H,12,13,14). The molecule has 0 spiro atoms. The first-order valence-corrected chi connectivity index (χ1v) is 4.84. The summed E-state index contributed by atoms with van der Waals surface area (Å²) in [6.45, 7) is 3.61. The van der Waals surface area contributed by atoms with Crippen LogP contribution in [0.2, 0.25) is 0 Å². The van der Waals surface area contributed by atoms with E-state index in [1.165, 1.54) is 0 Å². The SMILES string of the molecule is Cc1ccnc2nc(C(N)C(C)O)[nH]c12. The highest BCUT2D eigenvalue weighted by atomic mass is 16.3. The molecule has 4 N–H and O–H groups in total. The molecule has 0 fully saturated rings. The lowest BCUT2D eigenvalue weighted by Crippen LogP contribution is -2.24. The monoisotopic (exact) mass is 206 g/mol. The van der Waals surface area contributed by atoms with Gasteiger partial charge in [0.15, 0.2) is 5.65 Å². The van der Waals surface area contributed by atoms with Crippen molar-refractivity contribution in [2.75, 3.05) is 0 Å². The topological polar surface area (TPSA) is 87.8 Å². The van der Waals surface area contributed by atoms with Crippen molar-refractivity contribution in [3.63, 3.8) is 0 Å². The van der Waals surface area contributed by atoms with Crippen LogP contribution in [0.5, 0.6) is 0 Å². The molecule has 2 heterocycles. The summed E-state index contributed by atoms with van der Waals surface area (Å²) < 4.78 is 0. The highest BCUT2D eigenvalue weighted by molar-refractivity contribution is 5.74. The fourth-order valence-electron chi connectivity index (χ4n) is 1.44. The number of hydrogen-bond acceptors (Lipinski definition) is 4. The van der Waals surface area contributed by atoms with Crippen LogP contribution in [0.3, 0.4) is 0 Å². The molecule has 0 saturated carbocycles. The summed E-state index contributed by atoms with van der Waals surface area (Å²) >= 11 is 0. The molecule has 2 aromatic heterocycles. The maximum Gasteiger partial charge on any atom is 0.178 e. The van der Waals surface area contributed by atoms with E-state index in [4.69, 9.17) is 5.73 Å². The molecule has 0 aromatic carbocycles. The van der Waals surface area contributed by atoms with E-state index >= 15 is 0 Å². The van der Waals surface area contributed by atoms with Gasteiger partial charge < -0.3 is 15.8 Å². The number of nitrogens with one attached hydrogen (secondary N) is 1. The summed E-state index contributed by atoms with van der Waals surface area (Å²) in [5, 5.41) is 9.36. The summed E-state index contributed by atoms with van der Waals surface area (Å²) in [6, 6.07) is 1.40. The quantitative estimate of drug-likeness (QED) is 0.673. The van der Waals surface area contributed by atoms with E-state index in [1.54, 1.807) is 13.1 Å². The van der Waals surface area contributed by atoms with Gasteiger partial charge in [-0.3, -0.25) is 0 Å². The molecule has 0 amide bonds. The van der Waals surface area contributed by atoms with Crippen LogP contribution >= 0.6 is 0 Å². The van der Waals surface area contributed by atoms with Crippen molar-refractivity contribution in [3.05, 3.63) is 23.7 Å². The lowest BCUT2D eigenvalue weighted by molar-refractivity contribution is 0.161. The molecular weight excluding hydrogens is 192 g/mol. The minimum absolute atomic E-state index is 0.501. The van der Waals surface area contributed by atoms with Crippen molar-refractivity contribution in [3.8, 4) is 0 Å². The predicted molar refractivity (Wildman–Crippen MR) is 57.2 cm³/mol. The van der Waals surface area contributed by atoms with Crippen molar-refractivity contribution < 1.29 is 5.11 Å². The fourth-order valence-corrected chi connectivity index (χ4v) is 1.44. The van der Waals surface area contributed by atoms with E-state index in [9.17, 15) is 5.11 Å². The number of nitrogens with zero attached hydrogens (tertiary/aromatic N) is 2. The van der Waals surface area contributed by atoms with Crippen molar-refractivity contribution in [1.29, 1.82) is 0 Å². The molecule has 0 aliphatic rings. The van der Waals surface area contributed by atoms with E-state index in [0.717, 1.165) is 11.1 Å². The summed E-state index contributed by atoms with van der Waals surface area (Å²) in [5.41, 5.74) is 8.36. The van der Waals surface area contributed by atoms with Gasteiger partial charge in [-0.2, -0.15) is 0 Å². The lowest BCUT2D eigenvalue weighted by Gasteiger charge is -2.10. The van der Waals surface area contributed by atoms with Gasteiger partial charge in [0.05, 0.1) is 17.7 Å². The first-order valence-electron chi connectivity index (χ1n) is 4.84. The van der Waals surface area contributed by atoms with Crippen LogP contribution in [0, 0.1) is 6.92 Å². The van der Waals surface area contributed by atoms with Crippen LogP contribution in [0.4, 0.5) is 0 Å². The van der Waals surface area contributed by atoms with E-state index in [-0.39, 0.29) is 0 Å². The van der Waals surface area contributed by atoms with Crippen molar-refractivity contribution in [2.24, 2.45) is 5.73 Å². The second-order valence-corrected chi connectivity index (χ2v) is 3.71. The van der Waals surface area contributed by atoms with Crippen molar-refractivity contribution in [1.82, 2.24) is 15.0 Å². The molecule has 2 aromatic rings. The lowest BCUT2D eigenvalue weighted by atomic mass is 10.2. The molecule has 0 saturated heterocycles. The number of aromatic amines is 1. The molecule has 2 rings (SSSR count). The van der Waals surface area contributed by atoms with Gasteiger partial charge in [-0.05, 0) is 25.5 Å². The van der Waals surface area contributed by atoms with Gasteiger partial charge in [0, 0.05) is 6.20 Å². The molecule has 0 aliphatic carbocycles. The summed E-state index contributed by atoms with van der Waals surface area (Å²) in [6.07, 6.45) is 1.07. The Morgan fingerprint density at radius 2 is 2.27 bits per heavy atom. The number of imidazole rings is 1. The Morgan fingerprint density at radius 3 is 2.87 bits per heavy atom. The number of aromatic nitrogens is 3. The van der Waals surface area contributed by atoms with E-state index in [2.05, 4.69) is 15.0 Å². The Hall–Kier alpha value is -1.46. The Balaban J connectivity index is 2.52. The highest BCUT2D eigenvalue weighted by Crippen LogP contribution is 2.17. The molecule has 80 valence electrons. The van der Waals surface area contributed by atoms with E-state index in [1.807, 2.05) is 13.0 Å². The first kappa shape index (κ1) is 10.1. The number of aliphatic hydroxyl groups is 1. The first-order chi connectivity index (χ1) is 7.09. The third-order valence-corrected chi connectivity index (χ3v) is 2.45. The predicted octanol–water partition coefficient (Wildman–Crippen LogP) is 0.647. The average molecular weight is 206 g/mol. The van der Waals surface area contributed by atoms with Crippen molar-refractivity contribution in [2.45, 2.75) is 26.0 Å². The smallest absolute Gasteiger partial charge is 0.178 e. The number of fused-ring (bicyclic) bond motifs is 1. The molecule has 0 radical (unpaired) electrons. The fraction of sp³-hybridized carbons (Fsp3) is 0.400. The summed E-state index contributed by atoms with van der Waals surface area (Å²) in [5.74, 6) is 0.571. The Morgan fingerprint density at radius 1 is 1.53 bits per heavy atom. The minimum atomic E-state index is -0.633. The van der Waals surface area contributed by atoms with E-state index in [0.29, 0.717) is 11.5 Å². The number of hydrogen-bond donors (Lipinski definition) is 3. The van der Waals surface area contributed by atoms with Crippen LogP contribution in [-0.4, -0.2) is 26.2 Å². The number of pyridine rings is 1. The molecule has 5 nitrogen and oxygen atoms in total.